The van der Waals surface area contributed by atoms with Gasteiger partial charge in [0.05, 0.1) is 0 Å². The van der Waals surface area contributed by atoms with Crippen LogP contribution in [0.3, 0.4) is 0 Å². The Morgan fingerprint density at radius 1 is 1.42 bits per heavy atom. The molecule has 0 radical (unpaired) electrons. The SMILES string of the molecule is Cc1cc(C#N)nc(Sc2ccnc(C(=O)O)c2)n1. The van der Waals surface area contributed by atoms with Crippen molar-refractivity contribution in [3.05, 3.63) is 41.5 Å². The summed E-state index contributed by atoms with van der Waals surface area (Å²) >= 11 is 1.19. The monoisotopic (exact) mass is 272 g/mol. The summed E-state index contributed by atoms with van der Waals surface area (Å²) in [7, 11) is 0. The van der Waals surface area contributed by atoms with Crippen molar-refractivity contribution >= 4 is 17.7 Å². The first-order chi connectivity index (χ1) is 9.08. The van der Waals surface area contributed by atoms with Crippen LogP contribution in [0.25, 0.3) is 0 Å². The first kappa shape index (κ1) is 13.0. The van der Waals surface area contributed by atoms with Crippen molar-refractivity contribution in [2.24, 2.45) is 0 Å². The summed E-state index contributed by atoms with van der Waals surface area (Å²) in [6.07, 6.45) is 1.41. The van der Waals surface area contributed by atoms with Crippen molar-refractivity contribution in [2.45, 2.75) is 17.0 Å². The van der Waals surface area contributed by atoms with Crippen LogP contribution >= 0.6 is 11.8 Å². The molecule has 6 nitrogen and oxygen atoms in total. The molecule has 2 heterocycles. The lowest BCUT2D eigenvalue weighted by Gasteiger charge is -2.02. The highest BCUT2D eigenvalue weighted by Gasteiger charge is 2.08. The van der Waals surface area contributed by atoms with Crippen molar-refractivity contribution in [3.8, 4) is 6.07 Å². The normalized spacial score (nSPS) is 9.89. The van der Waals surface area contributed by atoms with Crippen LogP contribution in [0.15, 0.2) is 34.4 Å². The fraction of sp³-hybridized carbons (Fsp3) is 0.0833. The van der Waals surface area contributed by atoms with Gasteiger partial charge in [0.15, 0.2) is 5.16 Å². The van der Waals surface area contributed by atoms with Crippen LogP contribution in [-0.2, 0) is 0 Å². The summed E-state index contributed by atoms with van der Waals surface area (Å²) in [6.45, 7) is 1.77. The Morgan fingerprint density at radius 3 is 2.89 bits per heavy atom. The van der Waals surface area contributed by atoms with E-state index in [4.69, 9.17) is 10.4 Å². The number of aryl methyl sites for hydroxylation is 1. The number of nitriles is 1. The van der Waals surface area contributed by atoms with Gasteiger partial charge in [-0.25, -0.2) is 19.7 Å². The largest absolute Gasteiger partial charge is 0.477 e. The summed E-state index contributed by atoms with van der Waals surface area (Å²) in [6, 6.07) is 6.63. The highest BCUT2D eigenvalue weighted by molar-refractivity contribution is 7.99. The Kier molecular flexibility index (Phi) is 3.73. The van der Waals surface area contributed by atoms with E-state index in [-0.39, 0.29) is 11.4 Å². The molecular formula is C12H8N4O2S. The second-order valence-corrected chi connectivity index (χ2v) is 4.61. The molecule has 0 aromatic carbocycles. The van der Waals surface area contributed by atoms with E-state index in [0.29, 0.717) is 15.7 Å². The van der Waals surface area contributed by atoms with Crippen LogP contribution in [0.2, 0.25) is 0 Å². The van der Waals surface area contributed by atoms with Crippen LogP contribution < -0.4 is 0 Å². The van der Waals surface area contributed by atoms with Gasteiger partial charge in [-0.3, -0.25) is 0 Å². The molecule has 2 aromatic heterocycles. The molecule has 1 N–H and O–H groups in total. The van der Waals surface area contributed by atoms with E-state index in [1.165, 1.54) is 24.0 Å². The van der Waals surface area contributed by atoms with E-state index in [1.54, 1.807) is 19.1 Å². The molecule has 7 heteroatoms. The lowest BCUT2D eigenvalue weighted by Crippen LogP contribution is -1.99. The molecular weight excluding hydrogens is 264 g/mol. The molecule has 0 aliphatic carbocycles. The van der Waals surface area contributed by atoms with Gasteiger partial charge in [-0.15, -0.1) is 0 Å². The lowest BCUT2D eigenvalue weighted by molar-refractivity contribution is 0.0690. The van der Waals surface area contributed by atoms with Gasteiger partial charge in [0.2, 0.25) is 0 Å². The lowest BCUT2D eigenvalue weighted by atomic mass is 10.3. The standard InChI is InChI=1S/C12H8N4O2S/c1-7-4-8(6-13)16-12(15-7)19-9-2-3-14-10(5-9)11(17)18/h2-5H,1H3,(H,17,18). The minimum atomic E-state index is -1.09. The zero-order chi connectivity index (χ0) is 13.8. The molecule has 2 rings (SSSR count). The van der Waals surface area contributed by atoms with E-state index in [1.807, 2.05) is 6.07 Å². The number of carbonyl (C=O) groups is 1. The summed E-state index contributed by atoms with van der Waals surface area (Å²) in [4.78, 5) is 23.4. The molecule has 0 aliphatic heterocycles. The molecule has 2 aromatic rings. The van der Waals surface area contributed by atoms with Gasteiger partial charge in [0, 0.05) is 16.8 Å². The second kappa shape index (κ2) is 5.46. The van der Waals surface area contributed by atoms with Crippen molar-refractivity contribution < 1.29 is 9.90 Å². The molecule has 94 valence electrons. The minimum Gasteiger partial charge on any atom is -0.477 e. The molecule has 0 amide bonds. The average Bonchev–Trinajstić information content (AvgIpc) is 2.38. The Bertz CT molecular complexity index is 682. The third kappa shape index (κ3) is 3.26. The van der Waals surface area contributed by atoms with E-state index >= 15 is 0 Å². The third-order valence-corrected chi connectivity index (χ3v) is 2.96. The number of pyridine rings is 1. The second-order valence-electron chi connectivity index (χ2n) is 3.57. The molecule has 0 fully saturated rings. The van der Waals surface area contributed by atoms with Crippen LogP contribution in [0.4, 0.5) is 0 Å². The summed E-state index contributed by atoms with van der Waals surface area (Å²) in [5, 5.41) is 18.1. The van der Waals surface area contributed by atoms with Gasteiger partial charge in [0.1, 0.15) is 17.5 Å². The number of hydrogen-bond donors (Lipinski definition) is 1. The number of rotatable bonds is 3. The highest BCUT2D eigenvalue weighted by Crippen LogP contribution is 2.25. The Balaban J connectivity index is 2.31. The van der Waals surface area contributed by atoms with E-state index < -0.39 is 5.97 Å². The maximum absolute atomic E-state index is 10.8. The van der Waals surface area contributed by atoms with Gasteiger partial charge in [-0.05, 0) is 36.9 Å². The third-order valence-electron chi connectivity index (χ3n) is 2.11. The number of hydrogen-bond acceptors (Lipinski definition) is 6. The molecule has 0 saturated heterocycles. The van der Waals surface area contributed by atoms with E-state index in [2.05, 4.69) is 15.0 Å². The Hall–Kier alpha value is -2.46. The zero-order valence-corrected chi connectivity index (χ0v) is 10.7. The number of carboxylic acids is 1. The van der Waals surface area contributed by atoms with Crippen molar-refractivity contribution in [1.29, 1.82) is 5.26 Å². The van der Waals surface area contributed by atoms with Crippen molar-refractivity contribution in [1.82, 2.24) is 15.0 Å². The fourth-order valence-electron chi connectivity index (χ4n) is 1.34. The number of carboxylic acid groups (broad SMARTS) is 1. The molecule has 0 saturated carbocycles. The molecule has 0 unspecified atom stereocenters. The fourth-order valence-corrected chi connectivity index (χ4v) is 2.19. The minimum absolute atomic E-state index is 0.0434. The molecule has 0 aliphatic rings. The first-order valence-corrected chi connectivity index (χ1v) is 6.03. The van der Waals surface area contributed by atoms with Gasteiger partial charge < -0.3 is 5.11 Å². The van der Waals surface area contributed by atoms with Gasteiger partial charge >= 0.3 is 5.97 Å². The van der Waals surface area contributed by atoms with Crippen molar-refractivity contribution in [2.75, 3.05) is 0 Å². The topological polar surface area (TPSA) is 99.8 Å². The Morgan fingerprint density at radius 2 is 2.21 bits per heavy atom. The molecule has 19 heavy (non-hydrogen) atoms. The van der Waals surface area contributed by atoms with Crippen molar-refractivity contribution in [3.63, 3.8) is 0 Å². The van der Waals surface area contributed by atoms with Crippen LogP contribution in [0.5, 0.6) is 0 Å². The van der Waals surface area contributed by atoms with Crippen LogP contribution in [0, 0.1) is 18.3 Å². The summed E-state index contributed by atoms with van der Waals surface area (Å²) < 4.78 is 0. The van der Waals surface area contributed by atoms with Crippen LogP contribution in [-0.4, -0.2) is 26.0 Å². The predicted molar refractivity (Wildman–Crippen MR) is 66.8 cm³/mol. The Labute approximate surface area is 113 Å². The average molecular weight is 272 g/mol. The van der Waals surface area contributed by atoms with Gasteiger partial charge in [-0.1, -0.05) is 0 Å². The first-order valence-electron chi connectivity index (χ1n) is 5.21. The zero-order valence-electron chi connectivity index (χ0n) is 9.86. The maximum atomic E-state index is 10.8. The smallest absolute Gasteiger partial charge is 0.354 e. The van der Waals surface area contributed by atoms with Gasteiger partial charge in [0.25, 0.3) is 0 Å². The number of aromatic carboxylic acids is 1. The predicted octanol–water partition coefficient (Wildman–Crippen LogP) is 1.90. The summed E-state index contributed by atoms with van der Waals surface area (Å²) in [5.74, 6) is -1.09. The van der Waals surface area contributed by atoms with Crippen LogP contribution in [0.1, 0.15) is 21.9 Å². The summed E-state index contributed by atoms with van der Waals surface area (Å²) in [5.41, 5.74) is 0.919. The van der Waals surface area contributed by atoms with E-state index in [9.17, 15) is 4.79 Å². The molecule has 0 bridgehead atoms. The number of aromatic nitrogens is 3. The number of nitrogens with zero attached hydrogens (tertiary/aromatic N) is 4. The quantitative estimate of drug-likeness (QED) is 0.851. The van der Waals surface area contributed by atoms with E-state index in [0.717, 1.165) is 0 Å². The maximum Gasteiger partial charge on any atom is 0.354 e. The highest BCUT2D eigenvalue weighted by atomic mass is 32.2. The molecule has 0 atom stereocenters. The van der Waals surface area contributed by atoms with Gasteiger partial charge in [-0.2, -0.15) is 5.26 Å². The molecule has 0 spiro atoms.